The van der Waals surface area contributed by atoms with Gasteiger partial charge in [-0.1, -0.05) is 19.4 Å². The Balaban J connectivity index is 1.58. The molecule has 27 heavy (non-hydrogen) atoms. The van der Waals surface area contributed by atoms with Crippen molar-refractivity contribution in [1.82, 2.24) is 0 Å². The molecule has 146 valence electrons. The second kappa shape index (κ2) is 7.93. The van der Waals surface area contributed by atoms with Gasteiger partial charge >= 0.3 is 0 Å². The van der Waals surface area contributed by atoms with Gasteiger partial charge in [0.1, 0.15) is 6.10 Å². The van der Waals surface area contributed by atoms with E-state index in [2.05, 4.69) is 6.92 Å². The van der Waals surface area contributed by atoms with E-state index in [1.807, 2.05) is 18.2 Å². The minimum absolute atomic E-state index is 0.0836. The summed E-state index contributed by atoms with van der Waals surface area (Å²) in [4.78, 5) is 13.3. The van der Waals surface area contributed by atoms with Gasteiger partial charge in [0, 0.05) is 20.0 Å². The van der Waals surface area contributed by atoms with E-state index in [9.17, 15) is 4.79 Å². The molecule has 0 bridgehead atoms. The first kappa shape index (κ1) is 18.4. The highest BCUT2D eigenvalue weighted by atomic mass is 16.5. The predicted molar refractivity (Wildman–Crippen MR) is 102 cm³/mol. The molecule has 5 nitrogen and oxygen atoms in total. The van der Waals surface area contributed by atoms with Gasteiger partial charge in [-0.15, -0.1) is 0 Å². The summed E-state index contributed by atoms with van der Waals surface area (Å²) in [6.45, 7) is 3.46. The quantitative estimate of drug-likeness (QED) is 0.800. The third-order valence-electron chi connectivity index (χ3n) is 5.98. The number of allylic oxidation sites excluding steroid dienone is 1. The molecule has 0 N–H and O–H groups in total. The summed E-state index contributed by atoms with van der Waals surface area (Å²) in [5.41, 5.74) is 1.47. The zero-order chi connectivity index (χ0) is 18.8. The van der Waals surface area contributed by atoms with Gasteiger partial charge in [-0.05, 0) is 36.5 Å². The van der Waals surface area contributed by atoms with Crippen molar-refractivity contribution in [2.24, 2.45) is 11.8 Å². The number of ketones is 1. The standard InChI is InChI=1S/C22H28O5/c1-3-5-15-10-16-20(12-19(15)24-2)27-13-17(22(16)23)14-6-7-18-21(11-14)26-9-4-8-25-18/h6-7,11,13,15-16,19-20H,3-5,8-10,12H2,1-2H3. The second-order valence-corrected chi connectivity index (χ2v) is 7.68. The zero-order valence-corrected chi connectivity index (χ0v) is 16.1. The van der Waals surface area contributed by atoms with Crippen LogP contribution in [0.5, 0.6) is 11.5 Å². The van der Waals surface area contributed by atoms with Crippen LogP contribution < -0.4 is 9.47 Å². The average molecular weight is 372 g/mol. The molecule has 1 saturated carbocycles. The largest absolute Gasteiger partial charge is 0.496 e. The zero-order valence-electron chi connectivity index (χ0n) is 16.1. The smallest absolute Gasteiger partial charge is 0.173 e. The van der Waals surface area contributed by atoms with Gasteiger partial charge in [0.15, 0.2) is 17.3 Å². The predicted octanol–water partition coefficient (Wildman–Crippen LogP) is 4.00. The molecule has 1 fully saturated rings. The Morgan fingerprint density at radius 2 is 1.96 bits per heavy atom. The van der Waals surface area contributed by atoms with Crippen molar-refractivity contribution in [2.75, 3.05) is 20.3 Å². The van der Waals surface area contributed by atoms with E-state index in [1.165, 1.54) is 0 Å². The van der Waals surface area contributed by atoms with Crippen molar-refractivity contribution in [2.45, 2.75) is 51.2 Å². The lowest BCUT2D eigenvalue weighted by Gasteiger charge is -2.41. The van der Waals surface area contributed by atoms with Gasteiger partial charge in [0.2, 0.25) is 0 Å². The number of carbonyl (C=O) groups excluding carboxylic acids is 1. The van der Waals surface area contributed by atoms with E-state index >= 15 is 0 Å². The van der Waals surface area contributed by atoms with Crippen molar-refractivity contribution in [3.05, 3.63) is 30.0 Å². The van der Waals surface area contributed by atoms with E-state index in [-0.39, 0.29) is 23.9 Å². The van der Waals surface area contributed by atoms with E-state index < -0.39 is 0 Å². The van der Waals surface area contributed by atoms with Crippen molar-refractivity contribution >= 4 is 11.4 Å². The van der Waals surface area contributed by atoms with Crippen LogP contribution >= 0.6 is 0 Å². The number of hydrogen-bond donors (Lipinski definition) is 0. The highest BCUT2D eigenvalue weighted by Crippen LogP contribution is 2.42. The number of hydrogen-bond acceptors (Lipinski definition) is 5. The first-order valence-electron chi connectivity index (χ1n) is 10.0. The Hall–Kier alpha value is -2.01. The van der Waals surface area contributed by atoms with Gasteiger partial charge in [-0.3, -0.25) is 4.79 Å². The summed E-state index contributed by atoms with van der Waals surface area (Å²) in [6, 6.07) is 5.71. The van der Waals surface area contributed by atoms with E-state index in [0.717, 1.165) is 43.4 Å². The van der Waals surface area contributed by atoms with Crippen molar-refractivity contribution < 1.29 is 23.7 Å². The average Bonchev–Trinajstić information content (AvgIpc) is 2.93. The van der Waals surface area contributed by atoms with E-state index in [1.54, 1.807) is 13.4 Å². The molecule has 4 unspecified atom stereocenters. The molecule has 3 aliphatic rings. The number of methoxy groups -OCH3 is 1. The monoisotopic (exact) mass is 372 g/mol. The molecule has 4 atom stereocenters. The van der Waals surface area contributed by atoms with Crippen LogP contribution in [0.1, 0.15) is 44.6 Å². The number of ether oxygens (including phenoxy) is 4. The molecular weight excluding hydrogens is 344 g/mol. The Labute approximate surface area is 160 Å². The molecule has 1 aromatic rings. The van der Waals surface area contributed by atoms with Crippen LogP contribution in [-0.4, -0.2) is 38.3 Å². The normalized spacial score (nSPS) is 30.0. The molecule has 0 amide bonds. The fourth-order valence-corrected chi connectivity index (χ4v) is 4.56. The topological polar surface area (TPSA) is 54.0 Å². The van der Waals surface area contributed by atoms with Crippen LogP contribution in [0.15, 0.2) is 24.5 Å². The summed E-state index contributed by atoms with van der Waals surface area (Å²) in [5, 5.41) is 0. The number of benzene rings is 1. The maximum atomic E-state index is 13.3. The number of rotatable bonds is 4. The fourth-order valence-electron chi connectivity index (χ4n) is 4.56. The SMILES string of the molecule is CCCC1CC2C(=O)C(c3ccc4c(c3)OCCCO4)=COC2CC1OC. The van der Waals surface area contributed by atoms with Crippen LogP contribution in [0.2, 0.25) is 0 Å². The summed E-state index contributed by atoms with van der Waals surface area (Å²) in [7, 11) is 1.76. The molecule has 0 saturated heterocycles. The molecule has 1 aromatic carbocycles. The second-order valence-electron chi connectivity index (χ2n) is 7.68. The number of carbonyl (C=O) groups is 1. The van der Waals surface area contributed by atoms with Crippen LogP contribution in [0.4, 0.5) is 0 Å². The van der Waals surface area contributed by atoms with Crippen LogP contribution in [0, 0.1) is 11.8 Å². The van der Waals surface area contributed by atoms with Gasteiger partial charge in [-0.2, -0.15) is 0 Å². The lowest BCUT2D eigenvalue weighted by Crippen LogP contribution is -2.45. The van der Waals surface area contributed by atoms with Gasteiger partial charge in [0.25, 0.3) is 0 Å². The van der Waals surface area contributed by atoms with Crippen LogP contribution in [0.25, 0.3) is 5.57 Å². The molecule has 0 spiro atoms. The van der Waals surface area contributed by atoms with Crippen LogP contribution in [-0.2, 0) is 14.3 Å². The molecule has 2 aliphatic heterocycles. The van der Waals surface area contributed by atoms with E-state index in [0.29, 0.717) is 30.5 Å². The fraction of sp³-hybridized carbons (Fsp3) is 0.591. The maximum absolute atomic E-state index is 13.3. The molecular formula is C22H28O5. The van der Waals surface area contributed by atoms with Gasteiger partial charge < -0.3 is 18.9 Å². The minimum Gasteiger partial charge on any atom is -0.496 e. The molecule has 2 heterocycles. The van der Waals surface area contributed by atoms with Gasteiger partial charge in [-0.25, -0.2) is 0 Å². The first-order valence-corrected chi connectivity index (χ1v) is 10.0. The van der Waals surface area contributed by atoms with Crippen LogP contribution in [0.3, 0.4) is 0 Å². The molecule has 1 aliphatic carbocycles. The first-order chi connectivity index (χ1) is 13.2. The highest BCUT2D eigenvalue weighted by Gasteiger charge is 2.44. The summed E-state index contributed by atoms with van der Waals surface area (Å²) in [5.74, 6) is 1.94. The Bertz CT molecular complexity index is 725. The third kappa shape index (κ3) is 3.57. The summed E-state index contributed by atoms with van der Waals surface area (Å²) in [6.07, 6.45) is 6.38. The van der Waals surface area contributed by atoms with Gasteiger partial charge in [0.05, 0.1) is 37.1 Å². The highest BCUT2D eigenvalue weighted by molar-refractivity contribution is 6.22. The van der Waals surface area contributed by atoms with Crippen molar-refractivity contribution in [3.63, 3.8) is 0 Å². The summed E-state index contributed by atoms with van der Waals surface area (Å²) >= 11 is 0. The van der Waals surface area contributed by atoms with Crippen molar-refractivity contribution in [1.29, 1.82) is 0 Å². The third-order valence-corrected chi connectivity index (χ3v) is 5.98. The molecule has 4 rings (SSSR count). The minimum atomic E-state index is -0.0936. The Kier molecular flexibility index (Phi) is 5.39. The Morgan fingerprint density at radius 1 is 1.15 bits per heavy atom. The molecule has 0 radical (unpaired) electrons. The Morgan fingerprint density at radius 3 is 2.74 bits per heavy atom. The molecule has 0 aromatic heterocycles. The number of fused-ring (bicyclic) bond motifs is 2. The van der Waals surface area contributed by atoms with E-state index in [4.69, 9.17) is 18.9 Å². The lowest BCUT2D eigenvalue weighted by atomic mass is 9.71. The molecule has 5 heteroatoms. The van der Waals surface area contributed by atoms with Crippen molar-refractivity contribution in [3.8, 4) is 11.5 Å². The summed E-state index contributed by atoms with van der Waals surface area (Å²) < 4.78 is 23.2. The maximum Gasteiger partial charge on any atom is 0.173 e. The lowest BCUT2D eigenvalue weighted by molar-refractivity contribution is -0.131. The number of Topliss-reactive ketones (excluding diaryl/α,β-unsaturated/α-hetero) is 1.